The molecule has 0 N–H and O–H groups in total. The van der Waals surface area contributed by atoms with Crippen molar-refractivity contribution < 1.29 is 8.96 Å². The second-order valence-electron chi connectivity index (χ2n) is 7.06. The smallest absolute Gasteiger partial charge is 0.0826 e. The standard InChI is InChI=1S/C24H14F2N2/c25-27-21-7-3-1-5-17(21)19-13-15(9-11-23(19)27)16-10-12-24-20(14-16)18-6-2-4-8-22(18)28(24)26/h1-14H. The normalized spacial score (nSPS) is 11.9. The monoisotopic (exact) mass is 368 g/mol. The van der Waals surface area contributed by atoms with Crippen molar-refractivity contribution in [2.75, 3.05) is 0 Å². The average molecular weight is 368 g/mol. The van der Waals surface area contributed by atoms with Crippen molar-refractivity contribution in [1.29, 1.82) is 0 Å². The SMILES string of the molecule is Fn1c2ccccc2c2cc(-c3ccc4c(c3)c3ccccc3n4F)ccc21. The van der Waals surface area contributed by atoms with Crippen LogP contribution in [0, 0.1) is 0 Å². The summed E-state index contributed by atoms with van der Waals surface area (Å²) in [7, 11) is 0. The van der Waals surface area contributed by atoms with Gasteiger partial charge < -0.3 is 0 Å². The van der Waals surface area contributed by atoms with Crippen LogP contribution in [0.4, 0.5) is 8.96 Å². The molecular formula is C24H14F2N2. The number of nitrogens with zero attached hydrogens (tertiary/aromatic N) is 2. The fourth-order valence-electron chi connectivity index (χ4n) is 4.21. The van der Waals surface area contributed by atoms with Gasteiger partial charge in [0.15, 0.2) is 0 Å². The fourth-order valence-corrected chi connectivity index (χ4v) is 4.21. The molecule has 0 unspecified atom stereocenters. The molecule has 0 amide bonds. The van der Waals surface area contributed by atoms with Gasteiger partial charge in [-0.25, -0.2) is 0 Å². The number of halogens is 2. The van der Waals surface area contributed by atoms with E-state index < -0.39 is 0 Å². The Labute approximate surface area is 158 Å². The summed E-state index contributed by atoms with van der Waals surface area (Å²) in [6.45, 7) is 0. The van der Waals surface area contributed by atoms with Crippen molar-refractivity contribution in [2.45, 2.75) is 0 Å². The minimum Gasteiger partial charge on any atom is -0.179 e. The number of aromatic nitrogens is 2. The zero-order valence-corrected chi connectivity index (χ0v) is 14.7. The molecule has 0 aliphatic rings. The molecule has 4 heteroatoms. The second kappa shape index (κ2) is 5.42. The van der Waals surface area contributed by atoms with Crippen molar-refractivity contribution >= 4 is 43.6 Å². The van der Waals surface area contributed by atoms with E-state index in [1.807, 2.05) is 60.7 Å². The lowest BCUT2D eigenvalue weighted by molar-refractivity contribution is 0.405. The van der Waals surface area contributed by atoms with Crippen LogP contribution in [0.5, 0.6) is 0 Å². The lowest BCUT2D eigenvalue weighted by Crippen LogP contribution is -1.83. The highest BCUT2D eigenvalue weighted by Crippen LogP contribution is 2.35. The lowest BCUT2D eigenvalue weighted by Gasteiger charge is -2.04. The maximum absolute atomic E-state index is 14.6. The van der Waals surface area contributed by atoms with Crippen molar-refractivity contribution in [2.24, 2.45) is 0 Å². The molecular weight excluding hydrogens is 354 g/mol. The molecule has 0 aliphatic carbocycles. The Morgan fingerprint density at radius 1 is 0.429 bits per heavy atom. The highest BCUT2D eigenvalue weighted by molar-refractivity contribution is 6.11. The molecule has 2 aromatic heterocycles. The van der Waals surface area contributed by atoms with E-state index in [1.54, 1.807) is 24.3 Å². The first kappa shape index (κ1) is 15.4. The van der Waals surface area contributed by atoms with E-state index in [-0.39, 0.29) is 0 Å². The van der Waals surface area contributed by atoms with Crippen LogP contribution >= 0.6 is 0 Å². The Hall–Kier alpha value is -3.66. The van der Waals surface area contributed by atoms with Crippen LogP contribution in [0.3, 0.4) is 0 Å². The second-order valence-corrected chi connectivity index (χ2v) is 7.06. The molecule has 0 radical (unpaired) electrons. The first-order valence-corrected chi connectivity index (χ1v) is 9.11. The van der Waals surface area contributed by atoms with Gasteiger partial charge in [0.25, 0.3) is 0 Å². The largest absolute Gasteiger partial charge is 0.179 e. The predicted octanol–water partition coefficient (Wildman–Crippen LogP) is 7.03. The van der Waals surface area contributed by atoms with Crippen LogP contribution in [0.1, 0.15) is 0 Å². The summed E-state index contributed by atoms with van der Waals surface area (Å²) in [5, 5.41) is 3.49. The van der Waals surface area contributed by atoms with Gasteiger partial charge in [0.05, 0.1) is 22.1 Å². The third-order valence-electron chi connectivity index (χ3n) is 5.56. The maximum Gasteiger partial charge on any atom is 0.0826 e. The van der Waals surface area contributed by atoms with E-state index in [0.29, 0.717) is 22.1 Å². The minimum atomic E-state index is 0.548. The van der Waals surface area contributed by atoms with E-state index in [0.717, 1.165) is 42.3 Å². The van der Waals surface area contributed by atoms with Crippen molar-refractivity contribution in [3.05, 3.63) is 84.9 Å². The third-order valence-corrected chi connectivity index (χ3v) is 5.56. The van der Waals surface area contributed by atoms with E-state index >= 15 is 0 Å². The van der Waals surface area contributed by atoms with E-state index in [9.17, 15) is 8.96 Å². The summed E-state index contributed by atoms with van der Waals surface area (Å²) >= 11 is 0. The molecule has 28 heavy (non-hydrogen) atoms. The molecule has 0 aliphatic heterocycles. The zero-order valence-electron chi connectivity index (χ0n) is 14.7. The van der Waals surface area contributed by atoms with Gasteiger partial charge in [-0.05, 0) is 47.5 Å². The van der Waals surface area contributed by atoms with Crippen LogP contribution in [-0.2, 0) is 0 Å². The lowest BCUT2D eigenvalue weighted by atomic mass is 10.0. The molecule has 0 atom stereocenters. The van der Waals surface area contributed by atoms with Crippen LogP contribution in [0.2, 0.25) is 0 Å². The fraction of sp³-hybridized carbons (Fsp3) is 0. The Morgan fingerprint density at radius 2 is 0.821 bits per heavy atom. The molecule has 0 saturated heterocycles. The van der Waals surface area contributed by atoms with Crippen LogP contribution in [0.15, 0.2) is 84.9 Å². The highest BCUT2D eigenvalue weighted by Gasteiger charge is 2.13. The summed E-state index contributed by atoms with van der Waals surface area (Å²) in [6, 6.07) is 26.3. The third kappa shape index (κ3) is 1.94. The van der Waals surface area contributed by atoms with Gasteiger partial charge in [-0.3, -0.25) is 0 Å². The van der Waals surface area contributed by atoms with E-state index in [4.69, 9.17) is 0 Å². The van der Waals surface area contributed by atoms with Crippen molar-refractivity contribution in [1.82, 2.24) is 9.58 Å². The Balaban J connectivity index is 1.63. The van der Waals surface area contributed by atoms with Crippen LogP contribution < -0.4 is 0 Å². The van der Waals surface area contributed by atoms with Gasteiger partial charge >= 0.3 is 0 Å². The van der Waals surface area contributed by atoms with Gasteiger partial charge in [0, 0.05) is 21.5 Å². The maximum atomic E-state index is 14.6. The molecule has 2 nitrogen and oxygen atoms in total. The quantitative estimate of drug-likeness (QED) is 0.295. The van der Waals surface area contributed by atoms with Gasteiger partial charge in [0.1, 0.15) is 0 Å². The first-order chi connectivity index (χ1) is 13.7. The summed E-state index contributed by atoms with van der Waals surface area (Å²) in [5.41, 5.74) is 4.16. The molecule has 2 heterocycles. The number of rotatable bonds is 1. The summed E-state index contributed by atoms with van der Waals surface area (Å²) < 4.78 is 29.2. The molecule has 134 valence electrons. The minimum absolute atomic E-state index is 0.548. The van der Waals surface area contributed by atoms with Gasteiger partial charge in [0.2, 0.25) is 0 Å². The summed E-state index contributed by atoms with van der Waals surface area (Å²) in [5.74, 6) is 0. The Bertz CT molecular complexity index is 1420. The van der Waals surface area contributed by atoms with Gasteiger partial charge in [-0.1, -0.05) is 57.5 Å². The number of hydrogen-bond acceptors (Lipinski definition) is 0. The van der Waals surface area contributed by atoms with Crippen LogP contribution in [0.25, 0.3) is 54.7 Å². The number of fused-ring (bicyclic) bond motifs is 6. The van der Waals surface area contributed by atoms with Crippen molar-refractivity contribution in [3.8, 4) is 11.1 Å². The zero-order chi connectivity index (χ0) is 18.8. The Kier molecular flexibility index (Phi) is 2.98. The molecule has 4 aromatic carbocycles. The van der Waals surface area contributed by atoms with Gasteiger partial charge in [-0.2, -0.15) is 9.58 Å². The van der Waals surface area contributed by atoms with Crippen LogP contribution in [-0.4, -0.2) is 9.58 Å². The number of para-hydroxylation sites is 2. The van der Waals surface area contributed by atoms with E-state index in [2.05, 4.69) is 0 Å². The molecule has 0 spiro atoms. The Morgan fingerprint density at radius 3 is 1.29 bits per heavy atom. The average Bonchev–Trinajstić information content (AvgIpc) is 3.20. The molecule has 6 rings (SSSR count). The molecule has 0 fully saturated rings. The van der Waals surface area contributed by atoms with Crippen molar-refractivity contribution in [3.63, 3.8) is 0 Å². The summed E-state index contributed by atoms with van der Waals surface area (Å²) in [6.07, 6.45) is 0. The van der Waals surface area contributed by atoms with Gasteiger partial charge in [-0.15, -0.1) is 0 Å². The van der Waals surface area contributed by atoms with E-state index in [1.165, 1.54) is 0 Å². The molecule has 0 bridgehead atoms. The topological polar surface area (TPSA) is 9.86 Å². The summed E-state index contributed by atoms with van der Waals surface area (Å²) in [4.78, 5) is 1.46. The number of hydrogen-bond donors (Lipinski definition) is 0. The molecule has 6 aromatic rings. The first-order valence-electron chi connectivity index (χ1n) is 9.11. The predicted molar refractivity (Wildman–Crippen MR) is 111 cm³/mol. The highest BCUT2D eigenvalue weighted by atomic mass is 19.2. The number of benzene rings is 4. The molecule has 0 saturated carbocycles.